The van der Waals surface area contributed by atoms with Crippen LogP contribution < -0.4 is 15.5 Å². The van der Waals surface area contributed by atoms with Crippen molar-refractivity contribution >= 4 is 41.0 Å². The second-order valence-electron chi connectivity index (χ2n) is 8.75. The number of hydrogen-bond acceptors (Lipinski definition) is 8. The van der Waals surface area contributed by atoms with Crippen molar-refractivity contribution in [3.05, 3.63) is 54.5 Å². The number of piperazine rings is 1. The molecule has 13 heteroatoms. The molecule has 4 heterocycles. The molecule has 0 atom stereocenters. The van der Waals surface area contributed by atoms with Crippen molar-refractivity contribution in [3.8, 4) is 11.3 Å². The average molecular weight is 534 g/mol. The van der Waals surface area contributed by atoms with Gasteiger partial charge in [-0.3, -0.25) is 4.90 Å². The quantitative estimate of drug-likeness (QED) is 0.328. The van der Waals surface area contributed by atoms with Gasteiger partial charge in [0.2, 0.25) is 5.95 Å². The van der Waals surface area contributed by atoms with Crippen LogP contribution in [0.3, 0.4) is 0 Å². The SMILES string of the molecule is CN(CC(F)(F)F)c1cc(-c2ccc3nc(Nc4cc(CN5CCNCC5)ccn4)[nH]c3c2)ncn1.Cl. The number of anilines is 3. The number of alkyl halides is 3. The van der Waals surface area contributed by atoms with Crippen molar-refractivity contribution < 1.29 is 13.2 Å². The highest BCUT2D eigenvalue weighted by molar-refractivity contribution is 5.85. The fourth-order valence-electron chi connectivity index (χ4n) is 4.18. The normalized spacial score (nSPS) is 14.4. The van der Waals surface area contributed by atoms with Crippen LogP contribution in [0.15, 0.2) is 48.9 Å². The van der Waals surface area contributed by atoms with Crippen molar-refractivity contribution in [2.24, 2.45) is 0 Å². The molecule has 0 bridgehead atoms. The number of nitrogens with zero attached hydrogens (tertiary/aromatic N) is 6. The standard InChI is InChI=1S/C24H26F3N9.ClH/c1-35(14-24(25,26)27)22-12-19(30-15-31-22)17-2-3-18-20(11-17)33-23(32-18)34-21-10-16(4-5-29-21)13-36-8-6-28-7-9-36;/h2-5,10-12,15,28H,6-9,13-14H2,1H3,(H2,29,32,33,34);1H. The lowest BCUT2D eigenvalue weighted by molar-refractivity contribution is -0.119. The van der Waals surface area contributed by atoms with Crippen molar-refractivity contribution in [2.75, 3.05) is 50.0 Å². The summed E-state index contributed by atoms with van der Waals surface area (Å²) in [6.07, 6.45) is -1.28. The number of H-pyrrole nitrogens is 1. The first-order valence-corrected chi connectivity index (χ1v) is 11.6. The van der Waals surface area contributed by atoms with E-state index >= 15 is 0 Å². The van der Waals surface area contributed by atoms with E-state index in [1.54, 1.807) is 6.20 Å². The van der Waals surface area contributed by atoms with Gasteiger partial charge in [0.1, 0.15) is 24.5 Å². The fourth-order valence-corrected chi connectivity index (χ4v) is 4.18. The molecule has 1 aromatic carbocycles. The number of imidazole rings is 1. The van der Waals surface area contributed by atoms with E-state index < -0.39 is 12.7 Å². The van der Waals surface area contributed by atoms with Crippen molar-refractivity contribution in [1.29, 1.82) is 0 Å². The lowest BCUT2D eigenvalue weighted by atomic mass is 10.1. The van der Waals surface area contributed by atoms with Crippen LogP contribution in [0, 0.1) is 0 Å². The Labute approximate surface area is 217 Å². The molecule has 0 spiro atoms. The van der Waals surface area contributed by atoms with E-state index in [9.17, 15) is 13.2 Å². The van der Waals surface area contributed by atoms with Gasteiger partial charge >= 0.3 is 6.18 Å². The van der Waals surface area contributed by atoms with Crippen LogP contribution in [0.4, 0.5) is 30.8 Å². The summed E-state index contributed by atoms with van der Waals surface area (Å²) >= 11 is 0. The summed E-state index contributed by atoms with van der Waals surface area (Å²) < 4.78 is 38.3. The van der Waals surface area contributed by atoms with Gasteiger partial charge in [-0.25, -0.2) is 19.9 Å². The molecule has 9 nitrogen and oxygen atoms in total. The van der Waals surface area contributed by atoms with E-state index in [2.05, 4.69) is 40.5 Å². The summed E-state index contributed by atoms with van der Waals surface area (Å²) in [5.41, 5.74) is 3.92. The maximum Gasteiger partial charge on any atom is 0.405 e. The zero-order valence-electron chi connectivity index (χ0n) is 20.1. The lowest BCUT2D eigenvalue weighted by Gasteiger charge is -2.27. The topological polar surface area (TPSA) is 97.9 Å². The Balaban J connectivity index is 0.00000320. The monoisotopic (exact) mass is 533 g/mol. The smallest absolute Gasteiger partial charge is 0.350 e. The van der Waals surface area contributed by atoms with Crippen LogP contribution in [0.2, 0.25) is 0 Å². The van der Waals surface area contributed by atoms with Gasteiger partial charge in [0.25, 0.3) is 0 Å². The molecule has 1 aliphatic rings. The molecule has 0 unspecified atom stereocenters. The third-order valence-corrected chi connectivity index (χ3v) is 5.92. The molecule has 196 valence electrons. The number of benzene rings is 1. The van der Waals surface area contributed by atoms with Crippen LogP contribution in [-0.4, -0.2) is 75.8 Å². The molecule has 1 saturated heterocycles. The molecule has 3 N–H and O–H groups in total. The predicted molar refractivity (Wildman–Crippen MR) is 139 cm³/mol. The molecular weight excluding hydrogens is 507 g/mol. The summed E-state index contributed by atoms with van der Waals surface area (Å²) in [7, 11) is 1.35. The largest absolute Gasteiger partial charge is 0.405 e. The fraction of sp³-hybridized carbons (Fsp3) is 0.333. The number of nitrogens with one attached hydrogen (secondary N) is 3. The van der Waals surface area contributed by atoms with Gasteiger partial charge in [-0.1, -0.05) is 6.07 Å². The molecule has 37 heavy (non-hydrogen) atoms. The van der Waals surface area contributed by atoms with E-state index in [0.29, 0.717) is 17.5 Å². The van der Waals surface area contributed by atoms with Gasteiger partial charge in [-0.05, 0) is 29.8 Å². The summed E-state index contributed by atoms with van der Waals surface area (Å²) in [6.45, 7) is 3.80. The molecule has 3 aromatic heterocycles. The number of aromatic nitrogens is 5. The summed E-state index contributed by atoms with van der Waals surface area (Å²) in [5.74, 6) is 1.42. The van der Waals surface area contributed by atoms with Crippen molar-refractivity contribution in [1.82, 2.24) is 35.1 Å². The molecule has 0 aliphatic carbocycles. The zero-order valence-corrected chi connectivity index (χ0v) is 20.9. The number of pyridine rings is 1. The zero-order chi connectivity index (χ0) is 25.1. The Morgan fingerprint density at radius 2 is 1.86 bits per heavy atom. The van der Waals surface area contributed by atoms with Crippen LogP contribution in [0.25, 0.3) is 22.3 Å². The second-order valence-corrected chi connectivity index (χ2v) is 8.75. The van der Waals surface area contributed by atoms with Gasteiger partial charge in [0, 0.05) is 57.6 Å². The molecule has 1 fully saturated rings. The summed E-state index contributed by atoms with van der Waals surface area (Å²) in [4.78, 5) is 23.9. The van der Waals surface area contributed by atoms with Crippen molar-refractivity contribution in [3.63, 3.8) is 0 Å². The van der Waals surface area contributed by atoms with Gasteiger partial charge in [0.15, 0.2) is 0 Å². The Kier molecular flexibility index (Phi) is 8.10. The van der Waals surface area contributed by atoms with Crippen LogP contribution in [0.1, 0.15) is 5.56 Å². The average Bonchev–Trinajstić information content (AvgIpc) is 3.25. The van der Waals surface area contributed by atoms with Crippen LogP contribution >= 0.6 is 12.4 Å². The van der Waals surface area contributed by atoms with E-state index in [-0.39, 0.29) is 18.2 Å². The molecular formula is C24H27ClF3N9. The third-order valence-electron chi connectivity index (χ3n) is 5.92. The Bertz CT molecular complexity index is 1340. The lowest BCUT2D eigenvalue weighted by Crippen LogP contribution is -2.42. The minimum Gasteiger partial charge on any atom is -0.350 e. The predicted octanol–water partition coefficient (Wildman–Crippen LogP) is 3.98. The number of aromatic amines is 1. The number of rotatable bonds is 7. The first-order chi connectivity index (χ1) is 17.3. The first-order valence-electron chi connectivity index (χ1n) is 11.6. The van der Waals surface area contributed by atoms with Gasteiger partial charge in [0.05, 0.1) is 16.7 Å². The Hall–Kier alpha value is -3.48. The van der Waals surface area contributed by atoms with Gasteiger partial charge in [-0.15, -0.1) is 12.4 Å². The van der Waals surface area contributed by atoms with E-state index in [1.165, 1.54) is 25.0 Å². The highest BCUT2D eigenvalue weighted by Gasteiger charge is 2.30. The highest BCUT2D eigenvalue weighted by atomic mass is 35.5. The van der Waals surface area contributed by atoms with Crippen molar-refractivity contribution in [2.45, 2.75) is 12.7 Å². The summed E-state index contributed by atoms with van der Waals surface area (Å²) in [5, 5.41) is 6.59. The second kappa shape index (κ2) is 11.3. The first kappa shape index (κ1) is 26.6. The molecule has 1 aliphatic heterocycles. The molecule has 0 radical (unpaired) electrons. The molecule has 5 rings (SSSR count). The minimum absolute atomic E-state index is 0. The van der Waals surface area contributed by atoms with Crippen LogP contribution in [0.5, 0.6) is 0 Å². The van der Waals surface area contributed by atoms with E-state index in [1.807, 2.05) is 30.3 Å². The minimum atomic E-state index is -4.32. The van der Waals surface area contributed by atoms with E-state index in [0.717, 1.165) is 54.2 Å². The number of fused-ring (bicyclic) bond motifs is 1. The Morgan fingerprint density at radius 3 is 2.65 bits per heavy atom. The number of hydrogen-bond donors (Lipinski definition) is 3. The van der Waals surface area contributed by atoms with Gasteiger partial charge in [-0.2, -0.15) is 13.2 Å². The van der Waals surface area contributed by atoms with Gasteiger partial charge < -0.3 is 20.5 Å². The molecule has 0 saturated carbocycles. The maximum absolute atomic E-state index is 12.8. The third kappa shape index (κ3) is 6.85. The number of halogens is 4. The van der Waals surface area contributed by atoms with Crippen LogP contribution in [-0.2, 0) is 6.54 Å². The molecule has 0 amide bonds. The summed E-state index contributed by atoms with van der Waals surface area (Å²) in [6, 6.07) is 11.1. The maximum atomic E-state index is 12.8. The molecule has 4 aromatic rings. The van der Waals surface area contributed by atoms with E-state index in [4.69, 9.17) is 0 Å². The Morgan fingerprint density at radius 1 is 1.05 bits per heavy atom. The highest BCUT2D eigenvalue weighted by Crippen LogP contribution is 2.26.